The van der Waals surface area contributed by atoms with Gasteiger partial charge in [0.2, 0.25) is 11.0 Å². The number of hydrogen-bond donors (Lipinski definition) is 2. The first-order chi connectivity index (χ1) is 13.9. The molecule has 0 aliphatic carbocycles. The number of nitrogens with two attached hydrogens (primary N) is 1. The van der Waals surface area contributed by atoms with E-state index in [0.29, 0.717) is 28.0 Å². The molecule has 0 amide bonds. The summed E-state index contributed by atoms with van der Waals surface area (Å²) in [5.74, 6) is 7.75. The molecular formula is C19H20ClN5O3S. The second kappa shape index (κ2) is 9.06. The minimum absolute atomic E-state index is 0.0216. The first-order valence-electron chi connectivity index (χ1n) is 8.55. The Balaban J connectivity index is 1.78. The molecule has 0 bridgehead atoms. The third-order valence-corrected chi connectivity index (χ3v) is 5.62. The van der Waals surface area contributed by atoms with Crippen molar-refractivity contribution in [1.82, 2.24) is 14.9 Å². The van der Waals surface area contributed by atoms with Gasteiger partial charge in [-0.1, -0.05) is 35.5 Å². The zero-order valence-corrected chi connectivity index (χ0v) is 17.7. The van der Waals surface area contributed by atoms with E-state index in [4.69, 9.17) is 26.9 Å². The number of nitrogens with one attached hydrogen (secondary N) is 1. The molecule has 3 aromatic rings. The lowest BCUT2D eigenvalue weighted by molar-refractivity contribution is 0.354. The van der Waals surface area contributed by atoms with E-state index in [1.807, 2.05) is 25.1 Å². The molecule has 152 valence electrons. The van der Waals surface area contributed by atoms with Crippen LogP contribution in [0.1, 0.15) is 11.1 Å². The van der Waals surface area contributed by atoms with E-state index in [1.54, 1.807) is 32.4 Å². The number of anilines is 2. The molecular weight excluding hydrogens is 414 g/mol. The molecule has 0 unspecified atom stereocenters. The van der Waals surface area contributed by atoms with Crippen molar-refractivity contribution >= 4 is 34.9 Å². The normalized spacial score (nSPS) is 10.6. The van der Waals surface area contributed by atoms with Crippen LogP contribution in [0, 0.1) is 6.92 Å². The van der Waals surface area contributed by atoms with Crippen molar-refractivity contribution in [3.8, 4) is 11.5 Å². The fourth-order valence-corrected chi connectivity index (χ4v) is 3.52. The van der Waals surface area contributed by atoms with E-state index in [-0.39, 0.29) is 11.0 Å². The Morgan fingerprint density at radius 1 is 1.17 bits per heavy atom. The lowest BCUT2D eigenvalue weighted by Crippen LogP contribution is -2.32. The van der Waals surface area contributed by atoms with E-state index in [0.717, 1.165) is 15.8 Å². The zero-order valence-electron chi connectivity index (χ0n) is 16.1. The third kappa shape index (κ3) is 4.57. The lowest BCUT2D eigenvalue weighted by atomic mass is 10.2. The first-order valence-corrected chi connectivity index (χ1v) is 9.91. The maximum Gasteiger partial charge on any atom is 0.315 e. The van der Waals surface area contributed by atoms with Crippen molar-refractivity contribution in [2.75, 3.05) is 25.4 Å². The van der Waals surface area contributed by atoms with Crippen LogP contribution in [0.2, 0.25) is 5.02 Å². The maximum absolute atomic E-state index is 12.6. The molecule has 1 aromatic heterocycles. The molecule has 0 fully saturated rings. The molecule has 0 saturated heterocycles. The number of aromatic nitrogens is 3. The molecule has 0 aliphatic rings. The maximum atomic E-state index is 12.6. The number of rotatable bonds is 7. The zero-order chi connectivity index (χ0) is 21.0. The largest absolute Gasteiger partial charge is 0.493 e. The Kier molecular flexibility index (Phi) is 6.50. The molecule has 0 atom stereocenters. The van der Waals surface area contributed by atoms with E-state index in [2.05, 4.69) is 15.5 Å². The fourth-order valence-electron chi connectivity index (χ4n) is 2.55. The van der Waals surface area contributed by atoms with Crippen LogP contribution >= 0.6 is 23.4 Å². The molecule has 0 saturated carbocycles. The number of thioether (sulfide) groups is 1. The summed E-state index contributed by atoms with van der Waals surface area (Å²) in [6, 6.07) is 10.9. The standard InChI is InChI=1S/C19H20ClN5O3S/c1-11-13(20)5-4-6-14(11)22-17-18(26)25(21)19(24-23-17)29-10-12-7-8-15(27-2)16(9-12)28-3/h4-9H,10,21H2,1-3H3,(H,22,23). The summed E-state index contributed by atoms with van der Waals surface area (Å²) >= 11 is 7.40. The summed E-state index contributed by atoms with van der Waals surface area (Å²) in [5.41, 5.74) is 1.92. The minimum Gasteiger partial charge on any atom is -0.493 e. The summed E-state index contributed by atoms with van der Waals surface area (Å²) < 4.78 is 11.5. The molecule has 2 aromatic carbocycles. The molecule has 3 N–H and O–H groups in total. The average molecular weight is 434 g/mol. The van der Waals surface area contributed by atoms with Crippen LogP contribution in [0.5, 0.6) is 11.5 Å². The highest BCUT2D eigenvalue weighted by Gasteiger charge is 2.13. The van der Waals surface area contributed by atoms with Gasteiger partial charge in [-0.15, -0.1) is 10.2 Å². The van der Waals surface area contributed by atoms with E-state index < -0.39 is 5.56 Å². The Bertz CT molecular complexity index is 1090. The van der Waals surface area contributed by atoms with Crippen LogP contribution in [0.15, 0.2) is 46.3 Å². The van der Waals surface area contributed by atoms with Crippen molar-refractivity contribution in [3.05, 3.63) is 62.9 Å². The summed E-state index contributed by atoms with van der Waals surface area (Å²) in [5, 5.41) is 11.9. The predicted molar refractivity (Wildman–Crippen MR) is 115 cm³/mol. The molecule has 29 heavy (non-hydrogen) atoms. The molecule has 10 heteroatoms. The van der Waals surface area contributed by atoms with Gasteiger partial charge in [-0.05, 0) is 42.3 Å². The number of nitrogens with zero attached hydrogens (tertiary/aromatic N) is 3. The van der Waals surface area contributed by atoms with Crippen molar-refractivity contribution < 1.29 is 9.47 Å². The van der Waals surface area contributed by atoms with Crippen LogP contribution in [-0.4, -0.2) is 29.1 Å². The summed E-state index contributed by atoms with van der Waals surface area (Å²) in [6.45, 7) is 1.84. The van der Waals surface area contributed by atoms with E-state index in [1.165, 1.54) is 11.8 Å². The van der Waals surface area contributed by atoms with E-state index >= 15 is 0 Å². The van der Waals surface area contributed by atoms with Gasteiger partial charge in [-0.25, -0.2) is 0 Å². The SMILES string of the molecule is COc1ccc(CSc2nnc(Nc3cccc(Cl)c3C)c(=O)n2N)cc1OC. The summed E-state index contributed by atoms with van der Waals surface area (Å²) in [7, 11) is 3.15. The predicted octanol–water partition coefficient (Wildman–Crippen LogP) is 3.37. The summed E-state index contributed by atoms with van der Waals surface area (Å²) in [6.07, 6.45) is 0. The lowest BCUT2D eigenvalue weighted by Gasteiger charge is -2.12. The van der Waals surface area contributed by atoms with Crippen LogP contribution in [-0.2, 0) is 5.75 Å². The molecule has 0 aliphatic heterocycles. The summed E-state index contributed by atoms with van der Waals surface area (Å²) in [4.78, 5) is 12.6. The average Bonchev–Trinajstić information content (AvgIpc) is 2.73. The Labute approximate surface area is 177 Å². The monoisotopic (exact) mass is 433 g/mol. The van der Waals surface area contributed by atoms with Crippen LogP contribution in [0.3, 0.4) is 0 Å². The second-order valence-corrected chi connectivity index (χ2v) is 7.37. The van der Waals surface area contributed by atoms with Crippen molar-refractivity contribution in [1.29, 1.82) is 0 Å². The van der Waals surface area contributed by atoms with Gasteiger partial charge in [-0.2, -0.15) is 4.68 Å². The van der Waals surface area contributed by atoms with Gasteiger partial charge in [0.25, 0.3) is 0 Å². The number of hydrogen-bond acceptors (Lipinski definition) is 8. The molecule has 1 heterocycles. The van der Waals surface area contributed by atoms with Crippen molar-refractivity contribution in [2.45, 2.75) is 17.8 Å². The number of methoxy groups -OCH3 is 2. The number of benzene rings is 2. The molecule has 8 nitrogen and oxygen atoms in total. The van der Waals surface area contributed by atoms with Gasteiger partial charge < -0.3 is 20.6 Å². The minimum atomic E-state index is -0.491. The van der Waals surface area contributed by atoms with Gasteiger partial charge in [0.15, 0.2) is 11.5 Å². The van der Waals surface area contributed by atoms with Crippen LogP contribution in [0.25, 0.3) is 0 Å². The van der Waals surface area contributed by atoms with Gasteiger partial charge >= 0.3 is 5.56 Å². The van der Waals surface area contributed by atoms with Gasteiger partial charge in [0.05, 0.1) is 14.2 Å². The smallest absolute Gasteiger partial charge is 0.315 e. The highest BCUT2D eigenvalue weighted by molar-refractivity contribution is 7.98. The third-order valence-electron chi connectivity index (χ3n) is 4.20. The number of ether oxygens (including phenoxy) is 2. The molecule has 0 radical (unpaired) electrons. The van der Waals surface area contributed by atoms with E-state index in [9.17, 15) is 4.79 Å². The van der Waals surface area contributed by atoms with Crippen LogP contribution < -0.4 is 26.2 Å². The van der Waals surface area contributed by atoms with Crippen molar-refractivity contribution in [3.63, 3.8) is 0 Å². The second-order valence-electron chi connectivity index (χ2n) is 6.02. The molecule has 0 spiro atoms. The fraction of sp³-hybridized carbons (Fsp3) is 0.211. The first kappa shape index (κ1) is 20.8. The number of halogens is 1. The topological polar surface area (TPSA) is 104 Å². The quantitative estimate of drug-likeness (QED) is 0.431. The Hall–Kier alpha value is -2.91. The van der Waals surface area contributed by atoms with Gasteiger partial charge in [0.1, 0.15) is 0 Å². The van der Waals surface area contributed by atoms with Crippen LogP contribution in [0.4, 0.5) is 11.5 Å². The Morgan fingerprint density at radius 3 is 2.66 bits per heavy atom. The highest BCUT2D eigenvalue weighted by atomic mass is 35.5. The molecule has 3 rings (SSSR count). The Morgan fingerprint density at radius 2 is 1.93 bits per heavy atom. The highest BCUT2D eigenvalue weighted by Crippen LogP contribution is 2.30. The van der Waals surface area contributed by atoms with Gasteiger partial charge in [0, 0.05) is 16.5 Å². The van der Waals surface area contributed by atoms with Crippen molar-refractivity contribution in [2.24, 2.45) is 0 Å². The van der Waals surface area contributed by atoms with Gasteiger partial charge in [-0.3, -0.25) is 4.79 Å². The number of nitrogen functional groups attached to an aromatic ring is 1.